The molecule has 0 aromatic heterocycles. The molecule has 3 N–H and O–H groups in total. The van der Waals surface area contributed by atoms with E-state index in [1.165, 1.54) is 0 Å². The van der Waals surface area contributed by atoms with Crippen molar-refractivity contribution in [3.63, 3.8) is 0 Å². The van der Waals surface area contributed by atoms with Crippen LogP contribution in [0.5, 0.6) is 0 Å². The molecule has 1 amide bonds. The molecule has 0 aliphatic carbocycles. The van der Waals surface area contributed by atoms with Gasteiger partial charge in [-0.1, -0.05) is 0 Å². The number of carbonyl (C=O) groups is 1. The van der Waals surface area contributed by atoms with Crippen LogP contribution in [0.2, 0.25) is 0 Å². The van der Waals surface area contributed by atoms with Gasteiger partial charge >= 0.3 is 0 Å². The lowest BCUT2D eigenvalue weighted by atomic mass is 10.0. The second-order valence-electron chi connectivity index (χ2n) is 4.92. The number of nitrogens with zero attached hydrogens (tertiary/aromatic N) is 1. The molecule has 100 valence electrons. The SMILES string of the molecule is CNC(C)(CN(C)C1CCS(=O)(=O)C1)C(N)=O. The van der Waals surface area contributed by atoms with Crippen molar-refractivity contribution in [2.75, 3.05) is 32.1 Å². The van der Waals surface area contributed by atoms with Gasteiger partial charge in [-0.3, -0.25) is 4.79 Å². The second-order valence-corrected chi connectivity index (χ2v) is 7.15. The maximum absolute atomic E-state index is 11.4. The number of amides is 1. The molecule has 6 nitrogen and oxygen atoms in total. The van der Waals surface area contributed by atoms with Crippen molar-refractivity contribution in [3.05, 3.63) is 0 Å². The third-order valence-electron chi connectivity index (χ3n) is 3.49. The van der Waals surface area contributed by atoms with Gasteiger partial charge in [-0.25, -0.2) is 8.42 Å². The van der Waals surface area contributed by atoms with E-state index < -0.39 is 21.3 Å². The molecule has 1 aliphatic heterocycles. The Kier molecular flexibility index (Phi) is 4.16. The highest BCUT2D eigenvalue weighted by Gasteiger charge is 2.36. The summed E-state index contributed by atoms with van der Waals surface area (Å²) in [6.07, 6.45) is 0.622. The minimum Gasteiger partial charge on any atom is -0.368 e. The highest BCUT2D eigenvalue weighted by atomic mass is 32.2. The first kappa shape index (κ1) is 14.4. The molecule has 1 aliphatic rings. The lowest BCUT2D eigenvalue weighted by Crippen LogP contribution is -2.59. The normalized spacial score (nSPS) is 26.9. The molecule has 1 saturated heterocycles. The predicted molar refractivity (Wildman–Crippen MR) is 66.3 cm³/mol. The summed E-state index contributed by atoms with van der Waals surface area (Å²) in [5, 5.41) is 2.89. The van der Waals surface area contributed by atoms with Crippen molar-refractivity contribution < 1.29 is 13.2 Å². The maximum atomic E-state index is 11.4. The minimum absolute atomic E-state index is 0.0213. The van der Waals surface area contributed by atoms with E-state index >= 15 is 0 Å². The first-order chi connectivity index (χ1) is 7.70. The molecule has 17 heavy (non-hydrogen) atoms. The Morgan fingerprint density at radius 1 is 1.59 bits per heavy atom. The molecule has 0 spiro atoms. The number of carbonyl (C=O) groups excluding carboxylic acids is 1. The Hall–Kier alpha value is -0.660. The van der Waals surface area contributed by atoms with E-state index in [9.17, 15) is 13.2 Å². The summed E-state index contributed by atoms with van der Waals surface area (Å²) < 4.78 is 22.8. The quantitative estimate of drug-likeness (QED) is 0.634. The number of sulfone groups is 1. The van der Waals surface area contributed by atoms with Crippen LogP contribution >= 0.6 is 0 Å². The standard InChI is InChI=1S/C10H21N3O3S/c1-10(12-2,9(11)14)7-13(3)8-4-5-17(15,16)6-8/h8,12H,4-7H2,1-3H3,(H2,11,14). The fourth-order valence-corrected chi connectivity index (χ4v) is 3.84. The van der Waals surface area contributed by atoms with Gasteiger partial charge in [0.15, 0.2) is 9.84 Å². The number of hydrogen-bond donors (Lipinski definition) is 2. The zero-order valence-corrected chi connectivity index (χ0v) is 11.4. The van der Waals surface area contributed by atoms with E-state index in [-0.39, 0.29) is 17.5 Å². The topological polar surface area (TPSA) is 92.5 Å². The zero-order valence-electron chi connectivity index (χ0n) is 10.6. The number of nitrogens with two attached hydrogens (primary N) is 1. The average molecular weight is 263 g/mol. The van der Waals surface area contributed by atoms with E-state index in [0.29, 0.717) is 13.0 Å². The second kappa shape index (κ2) is 4.91. The Bertz CT molecular complexity index is 396. The number of likely N-dealkylation sites (N-methyl/N-ethyl adjacent to an activating group) is 2. The van der Waals surface area contributed by atoms with Gasteiger partial charge in [0.1, 0.15) is 5.54 Å². The van der Waals surface area contributed by atoms with Gasteiger partial charge in [0.05, 0.1) is 11.5 Å². The number of nitrogens with one attached hydrogen (secondary N) is 1. The first-order valence-corrected chi connectivity index (χ1v) is 7.42. The van der Waals surface area contributed by atoms with Crippen LogP contribution in [-0.2, 0) is 14.6 Å². The van der Waals surface area contributed by atoms with Gasteiger partial charge in [0.25, 0.3) is 0 Å². The highest BCUT2D eigenvalue weighted by Crippen LogP contribution is 2.18. The third kappa shape index (κ3) is 3.40. The van der Waals surface area contributed by atoms with Crippen LogP contribution in [0, 0.1) is 0 Å². The largest absolute Gasteiger partial charge is 0.368 e. The molecule has 2 unspecified atom stereocenters. The minimum atomic E-state index is -2.90. The van der Waals surface area contributed by atoms with E-state index in [4.69, 9.17) is 5.73 Å². The van der Waals surface area contributed by atoms with Crippen molar-refractivity contribution in [2.24, 2.45) is 5.73 Å². The average Bonchev–Trinajstić information content (AvgIpc) is 2.58. The summed E-state index contributed by atoms with van der Waals surface area (Å²) in [6.45, 7) is 2.12. The molecule has 0 bridgehead atoms. The summed E-state index contributed by atoms with van der Waals surface area (Å²) in [4.78, 5) is 13.2. The Labute approximate surface area is 102 Å². The summed E-state index contributed by atoms with van der Waals surface area (Å²) in [7, 11) is 0.593. The van der Waals surface area contributed by atoms with Crippen molar-refractivity contribution in [1.29, 1.82) is 0 Å². The van der Waals surface area contributed by atoms with Crippen LogP contribution in [0.4, 0.5) is 0 Å². The van der Waals surface area contributed by atoms with E-state index in [1.54, 1.807) is 14.0 Å². The van der Waals surface area contributed by atoms with Crippen LogP contribution < -0.4 is 11.1 Å². The Morgan fingerprint density at radius 2 is 2.18 bits per heavy atom. The van der Waals surface area contributed by atoms with Gasteiger partial charge in [-0.2, -0.15) is 0 Å². The van der Waals surface area contributed by atoms with Gasteiger partial charge in [0.2, 0.25) is 5.91 Å². The lowest BCUT2D eigenvalue weighted by Gasteiger charge is -2.33. The Balaban J connectivity index is 2.66. The predicted octanol–water partition coefficient (Wildman–Crippen LogP) is -1.43. The van der Waals surface area contributed by atoms with E-state index in [2.05, 4.69) is 5.32 Å². The monoisotopic (exact) mass is 263 g/mol. The molecule has 1 rings (SSSR count). The lowest BCUT2D eigenvalue weighted by molar-refractivity contribution is -0.124. The van der Waals surface area contributed by atoms with Crippen molar-refractivity contribution in [3.8, 4) is 0 Å². The summed E-state index contributed by atoms with van der Waals surface area (Å²) in [6, 6.07) is -0.0213. The summed E-state index contributed by atoms with van der Waals surface area (Å²) >= 11 is 0. The van der Waals surface area contributed by atoms with E-state index in [1.807, 2.05) is 11.9 Å². The van der Waals surface area contributed by atoms with Gasteiger partial charge in [-0.05, 0) is 27.4 Å². The summed E-state index contributed by atoms with van der Waals surface area (Å²) in [5.74, 6) is -0.0376. The fourth-order valence-electron chi connectivity index (χ4n) is 2.03. The molecule has 0 aromatic carbocycles. The van der Waals surface area contributed by atoms with Crippen LogP contribution in [0.3, 0.4) is 0 Å². The maximum Gasteiger partial charge on any atom is 0.238 e. The molecular weight excluding hydrogens is 242 g/mol. The van der Waals surface area contributed by atoms with Gasteiger partial charge in [-0.15, -0.1) is 0 Å². The first-order valence-electron chi connectivity index (χ1n) is 5.60. The molecule has 1 fully saturated rings. The molecule has 2 atom stereocenters. The molecule has 0 radical (unpaired) electrons. The number of hydrogen-bond acceptors (Lipinski definition) is 5. The van der Waals surface area contributed by atoms with Gasteiger partial charge in [0, 0.05) is 12.6 Å². The molecular formula is C10H21N3O3S. The van der Waals surface area contributed by atoms with E-state index in [0.717, 1.165) is 0 Å². The van der Waals surface area contributed by atoms with Crippen molar-refractivity contribution in [1.82, 2.24) is 10.2 Å². The van der Waals surface area contributed by atoms with Crippen LogP contribution in [0.1, 0.15) is 13.3 Å². The molecule has 0 saturated carbocycles. The zero-order chi connectivity index (χ0) is 13.3. The third-order valence-corrected chi connectivity index (χ3v) is 5.24. The Morgan fingerprint density at radius 3 is 2.53 bits per heavy atom. The van der Waals surface area contributed by atoms with Gasteiger partial charge < -0.3 is 16.0 Å². The molecule has 7 heteroatoms. The van der Waals surface area contributed by atoms with Crippen LogP contribution in [-0.4, -0.2) is 63.0 Å². The number of primary amides is 1. The van der Waals surface area contributed by atoms with Crippen molar-refractivity contribution in [2.45, 2.75) is 24.9 Å². The molecule has 1 heterocycles. The highest BCUT2D eigenvalue weighted by molar-refractivity contribution is 7.91. The summed E-state index contributed by atoms with van der Waals surface area (Å²) in [5.41, 5.74) is 4.50. The van der Waals surface area contributed by atoms with Crippen molar-refractivity contribution >= 4 is 15.7 Å². The molecule has 0 aromatic rings. The smallest absolute Gasteiger partial charge is 0.238 e. The van der Waals surface area contributed by atoms with Crippen LogP contribution in [0.25, 0.3) is 0 Å². The fraction of sp³-hybridized carbons (Fsp3) is 0.900. The number of rotatable bonds is 5. The van der Waals surface area contributed by atoms with Crippen LogP contribution in [0.15, 0.2) is 0 Å².